The Labute approximate surface area is 97.6 Å². The summed E-state index contributed by atoms with van der Waals surface area (Å²) in [6.07, 6.45) is 0.938. The lowest BCUT2D eigenvalue weighted by Crippen LogP contribution is -2.25. The summed E-state index contributed by atoms with van der Waals surface area (Å²) in [5, 5.41) is 0. The molecule has 1 atom stereocenters. The topological polar surface area (TPSA) is 44.5 Å². The van der Waals surface area contributed by atoms with Crippen molar-refractivity contribution in [2.45, 2.75) is 26.4 Å². The highest BCUT2D eigenvalue weighted by Gasteiger charge is 2.05. The molecule has 16 heavy (non-hydrogen) atoms. The van der Waals surface area contributed by atoms with Gasteiger partial charge in [-0.1, -0.05) is 17.7 Å². The summed E-state index contributed by atoms with van der Waals surface area (Å²) in [4.78, 5) is 0. The third kappa shape index (κ3) is 4.64. The first-order chi connectivity index (χ1) is 7.76. The quantitative estimate of drug-likeness (QED) is 0.770. The monoisotopic (exact) mass is 223 g/mol. The molecule has 1 aromatic carbocycles. The van der Waals surface area contributed by atoms with Crippen molar-refractivity contribution >= 4 is 0 Å². The van der Waals surface area contributed by atoms with Gasteiger partial charge in [0.25, 0.3) is 0 Å². The molecule has 90 valence electrons. The predicted molar refractivity (Wildman–Crippen MR) is 65.8 cm³/mol. The van der Waals surface area contributed by atoms with Crippen LogP contribution >= 0.6 is 0 Å². The van der Waals surface area contributed by atoms with Crippen molar-refractivity contribution in [2.24, 2.45) is 5.73 Å². The molecule has 0 heterocycles. The van der Waals surface area contributed by atoms with E-state index in [1.807, 2.05) is 31.2 Å². The Kier molecular flexibility index (Phi) is 5.90. The number of aryl methyl sites for hydroxylation is 1. The molecular weight excluding hydrogens is 202 g/mol. The molecule has 1 aromatic rings. The van der Waals surface area contributed by atoms with Crippen molar-refractivity contribution < 1.29 is 9.47 Å². The third-order valence-corrected chi connectivity index (χ3v) is 2.39. The molecule has 1 unspecified atom stereocenters. The van der Waals surface area contributed by atoms with E-state index in [0.29, 0.717) is 19.8 Å². The van der Waals surface area contributed by atoms with Crippen LogP contribution in [0.25, 0.3) is 0 Å². The van der Waals surface area contributed by atoms with Gasteiger partial charge in [-0.2, -0.15) is 0 Å². The largest absolute Gasteiger partial charge is 0.493 e. The third-order valence-electron chi connectivity index (χ3n) is 2.39. The zero-order valence-electron chi connectivity index (χ0n) is 10.1. The van der Waals surface area contributed by atoms with Gasteiger partial charge in [0.15, 0.2) is 0 Å². The highest BCUT2D eigenvalue weighted by atomic mass is 16.5. The van der Waals surface area contributed by atoms with E-state index in [4.69, 9.17) is 15.2 Å². The lowest BCUT2D eigenvalue weighted by molar-refractivity contribution is 0.0527. The molecule has 0 amide bonds. The number of rotatable bonds is 7. The Morgan fingerprint density at radius 2 is 1.94 bits per heavy atom. The number of hydrogen-bond donors (Lipinski definition) is 1. The summed E-state index contributed by atoms with van der Waals surface area (Å²) in [5.41, 5.74) is 6.82. The molecule has 0 fully saturated rings. The fraction of sp³-hybridized carbons (Fsp3) is 0.538. The molecule has 3 heteroatoms. The highest BCUT2D eigenvalue weighted by Crippen LogP contribution is 2.12. The average Bonchev–Trinajstić information content (AvgIpc) is 2.30. The van der Waals surface area contributed by atoms with Crippen molar-refractivity contribution in [1.82, 2.24) is 0 Å². The maximum atomic E-state index is 5.60. The molecule has 3 nitrogen and oxygen atoms in total. The second kappa shape index (κ2) is 7.25. The van der Waals surface area contributed by atoms with E-state index in [9.17, 15) is 0 Å². The molecule has 0 aliphatic heterocycles. The van der Waals surface area contributed by atoms with Crippen LogP contribution in [0.5, 0.6) is 5.75 Å². The maximum Gasteiger partial charge on any atom is 0.119 e. The fourth-order valence-corrected chi connectivity index (χ4v) is 1.45. The van der Waals surface area contributed by atoms with Gasteiger partial charge in [0.1, 0.15) is 5.75 Å². The van der Waals surface area contributed by atoms with Gasteiger partial charge in [-0.3, -0.25) is 0 Å². The Morgan fingerprint density at radius 1 is 1.25 bits per heavy atom. The van der Waals surface area contributed by atoms with Gasteiger partial charge in [0, 0.05) is 19.6 Å². The van der Waals surface area contributed by atoms with Crippen LogP contribution in [0.15, 0.2) is 24.3 Å². The zero-order chi connectivity index (χ0) is 11.8. The van der Waals surface area contributed by atoms with Gasteiger partial charge in [-0.25, -0.2) is 0 Å². The molecule has 0 saturated heterocycles. The summed E-state index contributed by atoms with van der Waals surface area (Å²) in [5.74, 6) is 0.901. The predicted octanol–water partition coefficient (Wildman–Crippen LogP) is 2.13. The second-order valence-electron chi connectivity index (χ2n) is 3.76. The van der Waals surface area contributed by atoms with Crippen molar-refractivity contribution in [3.05, 3.63) is 29.8 Å². The normalized spacial score (nSPS) is 12.4. The van der Waals surface area contributed by atoms with Crippen LogP contribution in [0.2, 0.25) is 0 Å². The Morgan fingerprint density at radius 3 is 2.50 bits per heavy atom. The minimum atomic E-state index is 0.107. The fourth-order valence-electron chi connectivity index (χ4n) is 1.45. The van der Waals surface area contributed by atoms with Crippen LogP contribution in [-0.4, -0.2) is 25.9 Å². The zero-order valence-corrected chi connectivity index (χ0v) is 10.1. The van der Waals surface area contributed by atoms with E-state index in [-0.39, 0.29) is 6.10 Å². The van der Waals surface area contributed by atoms with Crippen LogP contribution in [0.3, 0.4) is 0 Å². The number of nitrogens with two attached hydrogens (primary N) is 1. The first-order valence-electron chi connectivity index (χ1n) is 5.77. The van der Waals surface area contributed by atoms with Crippen molar-refractivity contribution in [3.63, 3.8) is 0 Å². The molecule has 0 spiro atoms. The van der Waals surface area contributed by atoms with E-state index in [0.717, 1.165) is 12.2 Å². The number of ether oxygens (including phenoxy) is 2. The van der Waals surface area contributed by atoms with E-state index in [2.05, 4.69) is 6.92 Å². The van der Waals surface area contributed by atoms with Crippen molar-refractivity contribution in [3.8, 4) is 5.75 Å². The lowest BCUT2D eigenvalue weighted by Gasteiger charge is -2.15. The summed E-state index contributed by atoms with van der Waals surface area (Å²) in [6.45, 7) is 5.93. The van der Waals surface area contributed by atoms with Crippen molar-refractivity contribution in [2.75, 3.05) is 19.8 Å². The lowest BCUT2D eigenvalue weighted by atomic mass is 10.2. The molecular formula is C13H21NO2. The van der Waals surface area contributed by atoms with E-state index >= 15 is 0 Å². The molecule has 0 saturated carbocycles. The first-order valence-corrected chi connectivity index (χ1v) is 5.77. The van der Waals surface area contributed by atoms with Crippen LogP contribution < -0.4 is 10.5 Å². The van der Waals surface area contributed by atoms with Gasteiger partial charge < -0.3 is 15.2 Å². The van der Waals surface area contributed by atoms with Gasteiger partial charge >= 0.3 is 0 Å². The summed E-state index contributed by atoms with van der Waals surface area (Å²) in [6, 6.07) is 8.04. The van der Waals surface area contributed by atoms with Gasteiger partial charge in [-0.05, 0) is 26.0 Å². The Bertz CT molecular complexity index is 284. The van der Waals surface area contributed by atoms with Crippen LogP contribution in [0.4, 0.5) is 0 Å². The molecule has 1 rings (SSSR count). The van der Waals surface area contributed by atoms with Crippen LogP contribution in [0, 0.1) is 6.92 Å². The molecule has 0 aliphatic rings. The van der Waals surface area contributed by atoms with Crippen molar-refractivity contribution in [1.29, 1.82) is 0 Å². The highest BCUT2D eigenvalue weighted by molar-refractivity contribution is 5.26. The first kappa shape index (κ1) is 13.0. The minimum Gasteiger partial charge on any atom is -0.493 e. The maximum absolute atomic E-state index is 5.60. The molecule has 0 bridgehead atoms. The summed E-state index contributed by atoms with van der Waals surface area (Å²) >= 11 is 0. The average molecular weight is 223 g/mol. The summed E-state index contributed by atoms with van der Waals surface area (Å²) < 4.78 is 11.0. The van der Waals surface area contributed by atoms with Crippen LogP contribution in [-0.2, 0) is 4.74 Å². The Balaban J connectivity index is 2.26. The SMILES string of the molecule is CCOC(CN)CCOc1ccc(C)cc1. The standard InChI is InChI=1S/C13H21NO2/c1-3-15-13(10-14)8-9-16-12-6-4-11(2)5-7-12/h4-7,13H,3,8-10,14H2,1-2H3. The molecule has 0 radical (unpaired) electrons. The van der Waals surface area contributed by atoms with E-state index in [1.54, 1.807) is 0 Å². The number of hydrogen-bond acceptors (Lipinski definition) is 3. The van der Waals surface area contributed by atoms with Gasteiger partial charge in [-0.15, -0.1) is 0 Å². The number of benzene rings is 1. The molecule has 0 aliphatic carbocycles. The molecule has 0 aromatic heterocycles. The molecule has 2 N–H and O–H groups in total. The van der Waals surface area contributed by atoms with Gasteiger partial charge in [0.05, 0.1) is 12.7 Å². The summed E-state index contributed by atoms with van der Waals surface area (Å²) in [7, 11) is 0. The Hall–Kier alpha value is -1.06. The van der Waals surface area contributed by atoms with Crippen LogP contribution in [0.1, 0.15) is 18.9 Å². The second-order valence-corrected chi connectivity index (χ2v) is 3.76. The smallest absolute Gasteiger partial charge is 0.119 e. The van der Waals surface area contributed by atoms with Gasteiger partial charge in [0.2, 0.25) is 0 Å². The van der Waals surface area contributed by atoms with E-state index in [1.165, 1.54) is 5.56 Å². The minimum absolute atomic E-state index is 0.107. The van der Waals surface area contributed by atoms with E-state index < -0.39 is 0 Å².